The minimum atomic E-state index is -0.240. The van der Waals surface area contributed by atoms with Crippen LogP contribution in [0.15, 0.2) is 85.5 Å². The molecule has 1 fully saturated rings. The minimum Gasteiger partial charge on any atom is -0.369 e. The quantitative estimate of drug-likeness (QED) is 0.253. The van der Waals surface area contributed by atoms with Crippen LogP contribution in [0.25, 0.3) is 5.69 Å². The van der Waals surface area contributed by atoms with E-state index in [2.05, 4.69) is 49.6 Å². The molecule has 0 spiro atoms. The normalized spacial score (nSPS) is 15.0. The number of rotatable bonds is 7. The van der Waals surface area contributed by atoms with Crippen molar-refractivity contribution in [2.24, 2.45) is 0 Å². The van der Waals surface area contributed by atoms with E-state index in [-0.39, 0.29) is 11.8 Å². The topological polar surface area (TPSA) is 112 Å². The number of imidazole rings is 1. The number of likely N-dealkylation sites (N-methyl/N-ethyl adjacent to an activating group) is 1. The van der Waals surface area contributed by atoms with E-state index in [1.165, 1.54) is 5.69 Å². The number of nitrogens with one attached hydrogen (secondary N) is 2. The Balaban J connectivity index is 1.03. The van der Waals surface area contributed by atoms with Crippen molar-refractivity contribution in [3.63, 3.8) is 0 Å². The van der Waals surface area contributed by atoms with Gasteiger partial charge in [0.2, 0.25) is 5.95 Å². The van der Waals surface area contributed by atoms with Crippen molar-refractivity contribution in [1.29, 1.82) is 0 Å². The van der Waals surface area contributed by atoms with Crippen LogP contribution < -0.4 is 20.4 Å². The molecule has 47 heavy (non-hydrogen) atoms. The minimum absolute atomic E-state index is 0.163. The first kappa shape index (κ1) is 30.1. The molecule has 2 amide bonds. The lowest BCUT2D eigenvalue weighted by Gasteiger charge is -2.34. The molecule has 2 aliphatic heterocycles. The van der Waals surface area contributed by atoms with Crippen molar-refractivity contribution in [1.82, 2.24) is 24.4 Å². The van der Waals surface area contributed by atoms with E-state index in [0.717, 1.165) is 54.5 Å². The van der Waals surface area contributed by atoms with Crippen molar-refractivity contribution in [3.8, 4) is 5.69 Å². The molecule has 0 aliphatic carbocycles. The number of carbonyl (C=O) groups is 2. The summed E-state index contributed by atoms with van der Waals surface area (Å²) in [5.74, 6) is 0.0610. The lowest BCUT2D eigenvalue weighted by Crippen LogP contribution is -2.44. The molecule has 2 aromatic heterocycles. The lowest BCUT2D eigenvalue weighted by atomic mass is 10.0. The van der Waals surface area contributed by atoms with Crippen LogP contribution in [0.1, 0.15) is 37.7 Å². The van der Waals surface area contributed by atoms with Gasteiger partial charge >= 0.3 is 0 Å². The van der Waals surface area contributed by atoms with Crippen LogP contribution in [-0.4, -0.2) is 76.0 Å². The second-order valence-corrected chi connectivity index (χ2v) is 12.2. The summed E-state index contributed by atoms with van der Waals surface area (Å²) in [5.41, 5.74) is 7.83. The van der Waals surface area contributed by atoms with Crippen LogP contribution in [0.3, 0.4) is 0 Å². The van der Waals surface area contributed by atoms with E-state index < -0.39 is 0 Å². The molecule has 238 valence electrons. The van der Waals surface area contributed by atoms with Crippen molar-refractivity contribution >= 4 is 40.5 Å². The first-order chi connectivity index (χ1) is 22.8. The molecule has 5 aromatic rings. The molecule has 11 heteroatoms. The van der Waals surface area contributed by atoms with Crippen LogP contribution in [0, 0.1) is 13.8 Å². The molecular weight excluding hydrogens is 590 g/mol. The van der Waals surface area contributed by atoms with Crippen molar-refractivity contribution in [3.05, 3.63) is 114 Å². The number of aryl methyl sites for hydroxylation is 2. The fraction of sp³-hybridized carbons (Fsp3) is 0.250. The van der Waals surface area contributed by atoms with Crippen LogP contribution in [-0.2, 0) is 6.42 Å². The molecule has 4 heterocycles. The Morgan fingerprint density at radius 3 is 2.40 bits per heavy atom. The maximum atomic E-state index is 13.7. The number of anilines is 5. The van der Waals surface area contributed by atoms with E-state index in [1.807, 2.05) is 73.1 Å². The molecule has 1 saturated heterocycles. The van der Waals surface area contributed by atoms with Crippen LogP contribution in [0.5, 0.6) is 0 Å². The summed E-state index contributed by atoms with van der Waals surface area (Å²) in [6.07, 6.45) is 5.82. The molecule has 11 nitrogen and oxygen atoms in total. The number of nitrogens with zero attached hydrogens (tertiary/aromatic N) is 7. The van der Waals surface area contributed by atoms with E-state index in [0.29, 0.717) is 41.4 Å². The average Bonchev–Trinajstić information content (AvgIpc) is 3.53. The molecule has 0 saturated carbocycles. The third kappa shape index (κ3) is 6.43. The maximum absolute atomic E-state index is 13.7. The number of aromatic nitrogens is 4. The van der Waals surface area contributed by atoms with Crippen molar-refractivity contribution in [2.75, 3.05) is 60.2 Å². The summed E-state index contributed by atoms with van der Waals surface area (Å²) in [6, 6.07) is 21.3. The largest absolute Gasteiger partial charge is 0.369 e. The third-order valence-corrected chi connectivity index (χ3v) is 8.78. The number of hydrogen-bond acceptors (Lipinski definition) is 8. The molecule has 3 aromatic carbocycles. The van der Waals surface area contributed by atoms with Gasteiger partial charge in [-0.1, -0.05) is 12.1 Å². The zero-order chi connectivity index (χ0) is 32.5. The highest BCUT2D eigenvalue weighted by atomic mass is 16.2. The van der Waals surface area contributed by atoms with Gasteiger partial charge in [0.15, 0.2) is 0 Å². The molecule has 2 aliphatic rings. The Morgan fingerprint density at radius 2 is 1.64 bits per heavy atom. The number of benzene rings is 3. The van der Waals surface area contributed by atoms with Gasteiger partial charge in [0.05, 0.1) is 23.3 Å². The number of amides is 2. The average molecular weight is 628 g/mol. The Labute approximate surface area is 273 Å². The smallest absolute Gasteiger partial charge is 0.261 e. The molecule has 0 radical (unpaired) electrons. The highest BCUT2D eigenvalue weighted by Gasteiger charge is 2.28. The highest BCUT2D eigenvalue weighted by Crippen LogP contribution is 2.30. The summed E-state index contributed by atoms with van der Waals surface area (Å²) >= 11 is 0. The highest BCUT2D eigenvalue weighted by molar-refractivity contribution is 6.09. The fourth-order valence-electron chi connectivity index (χ4n) is 6.04. The Kier molecular flexibility index (Phi) is 8.13. The zero-order valence-electron chi connectivity index (χ0n) is 26.8. The Morgan fingerprint density at radius 1 is 0.851 bits per heavy atom. The van der Waals surface area contributed by atoms with E-state index in [4.69, 9.17) is 4.98 Å². The fourth-order valence-corrected chi connectivity index (χ4v) is 6.04. The molecule has 0 unspecified atom stereocenters. The maximum Gasteiger partial charge on any atom is 0.261 e. The van der Waals surface area contributed by atoms with Gasteiger partial charge < -0.3 is 29.9 Å². The summed E-state index contributed by atoms with van der Waals surface area (Å²) in [6.45, 7) is 8.49. The first-order valence-electron chi connectivity index (χ1n) is 15.8. The van der Waals surface area contributed by atoms with Gasteiger partial charge in [-0.2, -0.15) is 0 Å². The number of fused-ring (bicyclic) bond motifs is 1. The Bertz CT molecular complexity index is 1940. The standard InChI is InChI=1S/C36H37N9O2/c1-24-7-8-28(39-34(46)26-5-4-6-30(19-26)44-22-25(2)38-23-44)20-33(24)45-14-13-32-31(35(45)47)21-37-36(41-32)40-27-9-11-29(12-10-27)43-17-15-42(3)16-18-43/h4-12,19-23H,13-18H2,1-3H3,(H,39,46)(H,37,40,41). The van der Waals surface area contributed by atoms with Crippen molar-refractivity contribution in [2.45, 2.75) is 20.3 Å². The van der Waals surface area contributed by atoms with Crippen LogP contribution >= 0.6 is 0 Å². The van der Waals surface area contributed by atoms with Gasteiger partial charge in [-0.05, 0) is 81.1 Å². The SMILES string of the molecule is Cc1cn(-c2cccc(C(=O)Nc3ccc(C)c(N4CCc5nc(Nc6ccc(N7CCN(C)CC7)cc6)ncc5C4=O)c3)c2)cn1. The predicted octanol–water partition coefficient (Wildman–Crippen LogP) is 5.23. The van der Waals surface area contributed by atoms with Gasteiger partial charge in [-0.3, -0.25) is 9.59 Å². The van der Waals surface area contributed by atoms with Gasteiger partial charge in [0.1, 0.15) is 0 Å². The molecule has 7 rings (SSSR count). The number of hydrogen-bond donors (Lipinski definition) is 2. The summed E-state index contributed by atoms with van der Waals surface area (Å²) < 4.78 is 1.88. The van der Waals surface area contributed by atoms with E-state index in [1.54, 1.807) is 23.5 Å². The van der Waals surface area contributed by atoms with Gasteiger partial charge in [0, 0.05) is 85.5 Å². The first-order valence-corrected chi connectivity index (χ1v) is 15.8. The second-order valence-electron chi connectivity index (χ2n) is 12.2. The van der Waals surface area contributed by atoms with Gasteiger partial charge in [-0.25, -0.2) is 15.0 Å². The summed E-state index contributed by atoms with van der Waals surface area (Å²) in [4.78, 5) is 46.9. The molecular formula is C36H37N9O2. The Hall–Kier alpha value is -5.55. The van der Waals surface area contributed by atoms with Crippen LogP contribution in [0.4, 0.5) is 28.7 Å². The van der Waals surface area contributed by atoms with Gasteiger partial charge in [-0.15, -0.1) is 0 Å². The number of piperazine rings is 1. The van der Waals surface area contributed by atoms with Crippen LogP contribution in [0.2, 0.25) is 0 Å². The zero-order valence-corrected chi connectivity index (χ0v) is 26.8. The third-order valence-electron chi connectivity index (χ3n) is 8.78. The lowest BCUT2D eigenvalue weighted by molar-refractivity contribution is 0.0978. The van der Waals surface area contributed by atoms with Crippen molar-refractivity contribution < 1.29 is 9.59 Å². The molecule has 0 bridgehead atoms. The summed E-state index contributed by atoms with van der Waals surface area (Å²) in [5, 5.41) is 6.29. The molecule has 0 atom stereocenters. The van der Waals surface area contributed by atoms with Gasteiger partial charge in [0.25, 0.3) is 11.8 Å². The monoisotopic (exact) mass is 627 g/mol. The predicted molar refractivity (Wildman–Crippen MR) is 184 cm³/mol. The summed E-state index contributed by atoms with van der Waals surface area (Å²) in [7, 11) is 2.15. The molecule has 2 N–H and O–H groups in total. The van der Waals surface area contributed by atoms with E-state index in [9.17, 15) is 9.59 Å². The second kappa shape index (κ2) is 12.7. The van der Waals surface area contributed by atoms with E-state index >= 15 is 0 Å². The number of carbonyl (C=O) groups excluding carboxylic acids is 2.